The molecule has 0 saturated heterocycles. The Kier molecular flexibility index (Phi) is 6.52. The summed E-state index contributed by atoms with van der Waals surface area (Å²) in [7, 11) is 0. The summed E-state index contributed by atoms with van der Waals surface area (Å²) in [5.41, 5.74) is 8.30. The quantitative estimate of drug-likeness (QED) is 0.742. The van der Waals surface area contributed by atoms with Crippen molar-refractivity contribution < 1.29 is 14.3 Å². The number of nitrogens with two attached hydrogens (primary N) is 1. The Morgan fingerprint density at radius 3 is 2.62 bits per heavy atom. The van der Waals surface area contributed by atoms with E-state index in [1.54, 1.807) is 0 Å². The molecule has 0 heterocycles. The number of anilines is 1. The number of benzene rings is 2. The van der Waals surface area contributed by atoms with E-state index in [9.17, 15) is 9.59 Å². The molecule has 24 heavy (non-hydrogen) atoms. The van der Waals surface area contributed by atoms with Crippen LogP contribution in [-0.4, -0.2) is 17.9 Å². The molecule has 6 heteroatoms. The van der Waals surface area contributed by atoms with Crippen molar-refractivity contribution in [1.82, 2.24) is 0 Å². The third kappa shape index (κ3) is 5.47. The summed E-state index contributed by atoms with van der Waals surface area (Å²) in [6, 6.07) is 13.9. The lowest BCUT2D eigenvalue weighted by Crippen LogP contribution is -2.38. The summed E-state index contributed by atoms with van der Waals surface area (Å²) in [6.07, 6.45) is -0.178. The van der Waals surface area contributed by atoms with Crippen LogP contribution in [0, 0.1) is 6.92 Å². The Morgan fingerprint density at radius 1 is 1.21 bits per heavy atom. The molecule has 0 aliphatic heterocycles. The van der Waals surface area contributed by atoms with E-state index >= 15 is 0 Å². The molecule has 126 valence electrons. The molecule has 0 bridgehead atoms. The van der Waals surface area contributed by atoms with Crippen LogP contribution in [0.15, 0.2) is 53.0 Å². The van der Waals surface area contributed by atoms with E-state index in [2.05, 4.69) is 21.2 Å². The molecule has 2 aromatic carbocycles. The van der Waals surface area contributed by atoms with E-state index < -0.39 is 17.9 Å². The number of hydrogen-bond donors (Lipinski definition) is 2. The fourth-order valence-corrected chi connectivity index (χ4v) is 2.38. The number of nitrogens with one attached hydrogen (secondary N) is 1. The first-order valence-electron chi connectivity index (χ1n) is 7.48. The van der Waals surface area contributed by atoms with Gasteiger partial charge in [0, 0.05) is 4.47 Å². The second-order valence-corrected chi connectivity index (χ2v) is 6.28. The van der Waals surface area contributed by atoms with Crippen molar-refractivity contribution in [3.63, 3.8) is 0 Å². The number of esters is 1. The van der Waals surface area contributed by atoms with Gasteiger partial charge in [-0.05, 0) is 46.1 Å². The normalized spacial score (nSPS) is 11.6. The number of rotatable bonds is 6. The van der Waals surface area contributed by atoms with Crippen molar-refractivity contribution in [3.05, 3.63) is 64.1 Å². The monoisotopic (exact) mass is 390 g/mol. The largest absolute Gasteiger partial charge is 0.461 e. The summed E-state index contributed by atoms with van der Waals surface area (Å²) in [4.78, 5) is 23.9. The van der Waals surface area contributed by atoms with Gasteiger partial charge < -0.3 is 15.8 Å². The summed E-state index contributed by atoms with van der Waals surface area (Å²) >= 11 is 3.36. The zero-order valence-corrected chi connectivity index (χ0v) is 14.9. The van der Waals surface area contributed by atoms with Gasteiger partial charge in [0.25, 0.3) is 0 Å². The number of hydrogen-bond acceptors (Lipinski definition) is 4. The minimum absolute atomic E-state index is 0.164. The topological polar surface area (TPSA) is 81.4 Å². The highest BCUT2D eigenvalue weighted by molar-refractivity contribution is 9.10. The maximum atomic E-state index is 12.1. The fraction of sp³-hybridized carbons (Fsp3) is 0.222. The molecule has 0 aliphatic rings. The minimum Gasteiger partial charge on any atom is -0.461 e. The molecular formula is C18H19BrN2O3. The first kappa shape index (κ1) is 18.2. The van der Waals surface area contributed by atoms with Crippen molar-refractivity contribution in [2.24, 2.45) is 5.73 Å². The van der Waals surface area contributed by atoms with Gasteiger partial charge in [0.1, 0.15) is 6.61 Å². The zero-order valence-electron chi connectivity index (χ0n) is 13.3. The van der Waals surface area contributed by atoms with Gasteiger partial charge in [-0.1, -0.05) is 36.4 Å². The van der Waals surface area contributed by atoms with E-state index in [0.717, 1.165) is 15.6 Å². The van der Waals surface area contributed by atoms with Gasteiger partial charge in [0.05, 0.1) is 18.2 Å². The van der Waals surface area contributed by atoms with Crippen LogP contribution in [0.3, 0.4) is 0 Å². The van der Waals surface area contributed by atoms with Gasteiger partial charge in [0.15, 0.2) is 0 Å². The van der Waals surface area contributed by atoms with Crippen LogP contribution in [0.5, 0.6) is 0 Å². The minimum atomic E-state index is -0.972. The molecule has 0 radical (unpaired) electrons. The van der Waals surface area contributed by atoms with Gasteiger partial charge in [-0.15, -0.1) is 0 Å². The molecule has 2 aromatic rings. The van der Waals surface area contributed by atoms with Crippen molar-refractivity contribution in [3.8, 4) is 0 Å². The summed E-state index contributed by atoms with van der Waals surface area (Å²) in [5, 5.41) is 2.71. The Hall–Kier alpha value is -2.18. The molecule has 0 unspecified atom stereocenters. The lowest BCUT2D eigenvalue weighted by atomic mass is 10.2. The first-order chi connectivity index (χ1) is 11.5. The summed E-state index contributed by atoms with van der Waals surface area (Å²) in [5.74, 6) is -0.942. The predicted octanol–water partition coefficient (Wildman–Crippen LogP) is 3.16. The molecule has 1 atom stereocenters. The van der Waals surface area contributed by atoms with Gasteiger partial charge >= 0.3 is 5.97 Å². The number of aryl methyl sites for hydroxylation is 1. The summed E-state index contributed by atoms with van der Waals surface area (Å²) < 4.78 is 5.88. The van der Waals surface area contributed by atoms with Crippen molar-refractivity contribution in [2.75, 3.05) is 5.32 Å². The lowest BCUT2D eigenvalue weighted by molar-refractivity contribution is -0.146. The highest BCUT2D eigenvalue weighted by Crippen LogP contribution is 2.23. The number of carbonyl (C=O) groups excluding carboxylic acids is 2. The predicted molar refractivity (Wildman–Crippen MR) is 96.3 cm³/mol. The first-order valence-corrected chi connectivity index (χ1v) is 8.27. The molecule has 0 fully saturated rings. The third-order valence-electron chi connectivity index (χ3n) is 3.35. The van der Waals surface area contributed by atoms with Crippen molar-refractivity contribution in [2.45, 2.75) is 26.0 Å². The van der Waals surface area contributed by atoms with E-state index in [0.29, 0.717) is 5.69 Å². The maximum absolute atomic E-state index is 12.1. The SMILES string of the molecule is Cc1ccc(Br)c(NC(=O)[C@@H](N)CC(=O)OCc2ccccc2)c1. The van der Waals surface area contributed by atoms with E-state index in [1.165, 1.54) is 0 Å². The van der Waals surface area contributed by atoms with E-state index in [4.69, 9.17) is 10.5 Å². The van der Waals surface area contributed by atoms with E-state index in [-0.39, 0.29) is 13.0 Å². The average molecular weight is 391 g/mol. The molecule has 5 nitrogen and oxygen atoms in total. The van der Waals surface area contributed by atoms with Gasteiger partial charge in [-0.25, -0.2) is 0 Å². The molecule has 1 amide bonds. The molecule has 0 aliphatic carbocycles. The Labute approximate surface area is 149 Å². The Balaban J connectivity index is 1.84. The fourth-order valence-electron chi connectivity index (χ4n) is 2.03. The standard InChI is InChI=1S/C18H19BrN2O3/c1-12-7-8-14(19)16(9-12)21-18(23)15(20)10-17(22)24-11-13-5-3-2-4-6-13/h2-9,15H,10-11,20H2,1H3,(H,21,23)/t15-/m0/s1. The second kappa shape index (κ2) is 8.61. The van der Waals surface area contributed by atoms with Crippen molar-refractivity contribution >= 4 is 33.5 Å². The van der Waals surface area contributed by atoms with Crippen LogP contribution in [0.4, 0.5) is 5.69 Å². The lowest BCUT2D eigenvalue weighted by Gasteiger charge is -2.13. The van der Waals surface area contributed by atoms with Crippen LogP contribution in [0.1, 0.15) is 17.5 Å². The van der Waals surface area contributed by atoms with Crippen LogP contribution < -0.4 is 11.1 Å². The summed E-state index contributed by atoms with van der Waals surface area (Å²) in [6.45, 7) is 2.08. The Morgan fingerprint density at radius 2 is 1.92 bits per heavy atom. The van der Waals surface area contributed by atoms with Crippen LogP contribution in [0.2, 0.25) is 0 Å². The van der Waals surface area contributed by atoms with Gasteiger partial charge in [-0.3, -0.25) is 9.59 Å². The molecule has 0 spiro atoms. The smallest absolute Gasteiger partial charge is 0.308 e. The van der Waals surface area contributed by atoms with E-state index in [1.807, 2.05) is 55.5 Å². The van der Waals surface area contributed by atoms with Crippen molar-refractivity contribution in [1.29, 1.82) is 0 Å². The van der Waals surface area contributed by atoms with Gasteiger partial charge in [-0.2, -0.15) is 0 Å². The zero-order chi connectivity index (χ0) is 17.5. The molecule has 2 rings (SSSR count). The Bertz CT molecular complexity index is 719. The number of amides is 1. The third-order valence-corrected chi connectivity index (χ3v) is 4.04. The molecule has 3 N–H and O–H groups in total. The number of ether oxygens (including phenoxy) is 1. The average Bonchev–Trinajstić information content (AvgIpc) is 2.57. The maximum Gasteiger partial charge on any atom is 0.308 e. The van der Waals surface area contributed by atoms with Crippen LogP contribution >= 0.6 is 15.9 Å². The van der Waals surface area contributed by atoms with Gasteiger partial charge in [0.2, 0.25) is 5.91 Å². The second-order valence-electron chi connectivity index (χ2n) is 5.43. The van der Waals surface area contributed by atoms with Crippen LogP contribution in [-0.2, 0) is 20.9 Å². The molecule has 0 aromatic heterocycles. The molecular weight excluding hydrogens is 372 g/mol. The number of carbonyl (C=O) groups is 2. The highest BCUT2D eigenvalue weighted by atomic mass is 79.9. The number of halogens is 1. The van der Waals surface area contributed by atoms with Crippen LogP contribution in [0.25, 0.3) is 0 Å². The molecule has 0 saturated carbocycles. The highest BCUT2D eigenvalue weighted by Gasteiger charge is 2.19.